The maximum atomic E-state index is 12.2. The van der Waals surface area contributed by atoms with E-state index >= 15 is 0 Å². The van der Waals surface area contributed by atoms with Crippen molar-refractivity contribution in [3.05, 3.63) is 33.3 Å². The number of nitrogens with one attached hydrogen (secondary N) is 1. The molecule has 2 rings (SSSR count). The average molecular weight is 382 g/mol. The van der Waals surface area contributed by atoms with Crippen LogP contribution in [0, 0.1) is 4.77 Å². The van der Waals surface area contributed by atoms with Crippen LogP contribution in [0.15, 0.2) is 22.7 Å². The van der Waals surface area contributed by atoms with Crippen LogP contribution in [0.3, 0.4) is 0 Å². The van der Waals surface area contributed by atoms with Crippen molar-refractivity contribution in [3.63, 3.8) is 0 Å². The van der Waals surface area contributed by atoms with Gasteiger partial charge in [-0.2, -0.15) is 5.10 Å². The minimum absolute atomic E-state index is 0.183. The number of aryl methyl sites for hydroxylation is 1. The topological polar surface area (TPSA) is 42.8 Å². The number of halogens is 4. The average Bonchev–Trinajstić information content (AvgIpc) is 2.72. The fraction of sp³-hybridized carbons (Fsp3) is 0.333. The molecule has 0 saturated carbocycles. The lowest BCUT2D eigenvalue weighted by Crippen LogP contribution is -2.17. The number of rotatable bonds is 4. The zero-order valence-corrected chi connectivity index (χ0v) is 13.3. The van der Waals surface area contributed by atoms with E-state index in [4.69, 9.17) is 12.2 Å². The molecule has 2 aromatic rings. The van der Waals surface area contributed by atoms with Crippen LogP contribution in [0.2, 0.25) is 0 Å². The van der Waals surface area contributed by atoms with Crippen LogP contribution < -0.4 is 4.74 Å². The zero-order chi connectivity index (χ0) is 15.6. The summed E-state index contributed by atoms with van der Waals surface area (Å²) >= 11 is 8.22. The van der Waals surface area contributed by atoms with Crippen molar-refractivity contribution < 1.29 is 17.9 Å². The molecular weight excluding hydrogens is 371 g/mol. The molecule has 0 fully saturated rings. The van der Waals surface area contributed by atoms with E-state index in [1.165, 1.54) is 18.2 Å². The van der Waals surface area contributed by atoms with E-state index in [0.29, 0.717) is 16.9 Å². The first-order chi connectivity index (χ1) is 9.81. The normalized spacial score (nSPS) is 11.7. The Balaban J connectivity index is 2.41. The first-order valence-corrected chi connectivity index (χ1v) is 7.24. The SMILES string of the molecule is CCCc1n[nH]c(=S)n1-c1ccc(OC(F)(F)F)c(Br)c1. The number of hydrogen-bond acceptors (Lipinski definition) is 3. The van der Waals surface area contributed by atoms with Crippen LogP contribution in [0.5, 0.6) is 5.75 Å². The van der Waals surface area contributed by atoms with Crippen LogP contribution >= 0.6 is 28.1 Å². The van der Waals surface area contributed by atoms with Crippen molar-refractivity contribution in [3.8, 4) is 11.4 Å². The lowest BCUT2D eigenvalue weighted by atomic mass is 10.2. The number of ether oxygens (including phenoxy) is 1. The van der Waals surface area contributed by atoms with Gasteiger partial charge in [0.2, 0.25) is 0 Å². The van der Waals surface area contributed by atoms with Crippen LogP contribution in [-0.4, -0.2) is 21.1 Å². The second-order valence-corrected chi connectivity index (χ2v) is 5.43. The summed E-state index contributed by atoms with van der Waals surface area (Å²) in [6.45, 7) is 2.00. The molecule has 0 unspecified atom stereocenters. The molecule has 1 aromatic carbocycles. The molecule has 0 bridgehead atoms. The minimum atomic E-state index is -4.73. The Labute approximate surface area is 132 Å². The lowest BCUT2D eigenvalue weighted by molar-refractivity contribution is -0.274. The Morgan fingerprint density at radius 1 is 1.43 bits per heavy atom. The summed E-state index contributed by atoms with van der Waals surface area (Å²) in [5.41, 5.74) is 0.610. The van der Waals surface area contributed by atoms with Gasteiger partial charge in [-0.25, -0.2) is 0 Å². The predicted octanol–water partition coefficient (Wildman–Crippen LogP) is 4.54. The van der Waals surface area contributed by atoms with Gasteiger partial charge in [0.05, 0.1) is 10.2 Å². The van der Waals surface area contributed by atoms with Gasteiger partial charge in [-0.05, 0) is 52.8 Å². The van der Waals surface area contributed by atoms with Crippen molar-refractivity contribution in [2.45, 2.75) is 26.1 Å². The highest BCUT2D eigenvalue weighted by Gasteiger charge is 2.32. The fourth-order valence-corrected chi connectivity index (χ4v) is 2.53. The van der Waals surface area contributed by atoms with E-state index in [0.717, 1.165) is 12.2 Å². The molecule has 1 heterocycles. The van der Waals surface area contributed by atoms with Gasteiger partial charge in [0.1, 0.15) is 11.6 Å². The van der Waals surface area contributed by atoms with Crippen LogP contribution in [0.25, 0.3) is 5.69 Å². The van der Waals surface area contributed by atoms with Crippen molar-refractivity contribution in [2.75, 3.05) is 0 Å². The van der Waals surface area contributed by atoms with Crippen LogP contribution in [0.1, 0.15) is 19.2 Å². The van der Waals surface area contributed by atoms with Crippen molar-refractivity contribution in [1.29, 1.82) is 0 Å². The molecule has 0 radical (unpaired) electrons. The molecule has 0 saturated heterocycles. The van der Waals surface area contributed by atoms with Crippen LogP contribution in [0.4, 0.5) is 13.2 Å². The number of H-pyrrole nitrogens is 1. The standard InChI is InChI=1S/C12H11BrF3N3OS/c1-2-3-10-17-18-11(21)19(10)7-4-5-9(8(13)6-7)20-12(14,15)16/h4-6H,2-3H2,1H3,(H,18,21). The van der Waals surface area contributed by atoms with Gasteiger partial charge in [-0.3, -0.25) is 9.67 Å². The summed E-state index contributed by atoms with van der Waals surface area (Å²) in [5.74, 6) is 0.414. The molecule has 9 heteroatoms. The smallest absolute Gasteiger partial charge is 0.405 e. The number of alkyl halides is 3. The van der Waals surface area contributed by atoms with Crippen molar-refractivity contribution >= 4 is 28.1 Å². The monoisotopic (exact) mass is 381 g/mol. The lowest BCUT2D eigenvalue weighted by Gasteiger charge is -2.12. The molecule has 0 atom stereocenters. The van der Waals surface area contributed by atoms with E-state index in [1.54, 1.807) is 4.57 Å². The third kappa shape index (κ3) is 3.85. The largest absolute Gasteiger partial charge is 0.573 e. The van der Waals surface area contributed by atoms with E-state index in [9.17, 15) is 13.2 Å². The number of aromatic amines is 1. The molecule has 0 amide bonds. The third-order valence-electron chi connectivity index (χ3n) is 2.61. The Hall–Kier alpha value is -1.35. The summed E-state index contributed by atoms with van der Waals surface area (Å²) < 4.78 is 42.9. The Bertz CT molecular complexity index is 696. The van der Waals surface area contributed by atoms with Gasteiger partial charge >= 0.3 is 6.36 Å². The van der Waals surface area contributed by atoms with Crippen molar-refractivity contribution in [1.82, 2.24) is 14.8 Å². The number of benzene rings is 1. The minimum Gasteiger partial charge on any atom is -0.405 e. The maximum Gasteiger partial charge on any atom is 0.573 e. The Morgan fingerprint density at radius 2 is 2.14 bits per heavy atom. The maximum absolute atomic E-state index is 12.2. The highest BCUT2D eigenvalue weighted by molar-refractivity contribution is 9.10. The van der Waals surface area contributed by atoms with E-state index < -0.39 is 6.36 Å². The summed E-state index contributed by atoms with van der Waals surface area (Å²) in [6, 6.07) is 4.24. The number of nitrogens with zero attached hydrogens (tertiary/aromatic N) is 2. The van der Waals surface area contributed by atoms with Crippen LogP contribution in [-0.2, 0) is 6.42 Å². The predicted molar refractivity (Wildman–Crippen MR) is 77.1 cm³/mol. The Morgan fingerprint density at radius 3 is 2.71 bits per heavy atom. The molecule has 4 nitrogen and oxygen atoms in total. The van der Waals surface area contributed by atoms with Gasteiger partial charge in [-0.1, -0.05) is 6.92 Å². The molecule has 1 aromatic heterocycles. The molecular formula is C12H11BrF3N3OS. The third-order valence-corrected chi connectivity index (χ3v) is 3.51. The van der Waals surface area contributed by atoms with E-state index in [-0.39, 0.29) is 10.2 Å². The second kappa shape index (κ2) is 6.18. The highest BCUT2D eigenvalue weighted by atomic mass is 79.9. The van der Waals surface area contributed by atoms with E-state index in [2.05, 4.69) is 30.9 Å². The zero-order valence-electron chi connectivity index (χ0n) is 10.9. The van der Waals surface area contributed by atoms with Gasteiger partial charge < -0.3 is 4.74 Å². The second-order valence-electron chi connectivity index (χ2n) is 4.19. The molecule has 1 N–H and O–H groups in total. The summed E-state index contributed by atoms with van der Waals surface area (Å²) in [6.07, 6.45) is -3.16. The van der Waals surface area contributed by atoms with Gasteiger partial charge in [-0.15, -0.1) is 13.2 Å². The Kier molecular flexibility index (Phi) is 4.72. The summed E-state index contributed by atoms with van der Waals surface area (Å²) in [5, 5.41) is 6.79. The molecule has 114 valence electrons. The fourth-order valence-electron chi connectivity index (χ4n) is 1.82. The molecule has 0 aliphatic heterocycles. The summed E-state index contributed by atoms with van der Waals surface area (Å²) in [4.78, 5) is 0. The molecule has 0 spiro atoms. The molecule has 21 heavy (non-hydrogen) atoms. The first kappa shape index (κ1) is 16.0. The quantitative estimate of drug-likeness (QED) is 0.790. The number of hydrogen-bond donors (Lipinski definition) is 1. The summed E-state index contributed by atoms with van der Waals surface area (Å²) in [7, 11) is 0. The van der Waals surface area contributed by atoms with Gasteiger partial charge in [0.25, 0.3) is 0 Å². The van der Waals surface area contributed by atoms with Crippen molar-refractivity contribution in [2.24, 2.45) is 0 Å². The van der Waals surface area contributed by atoms with E-state index in [1.807, 2.05) is 6.92 Å². The number of aromatic nitrogens is 3. The highest BCUT2D eigenvalue weighted by Crippen LogP contribution is 2.32. The van der Waals surface area contributed by atoms with Gasteiger partial charge in [0, 0.05) is 6.42 Å². The van der Waals surface area contributed by atoms with Gasteiger partial charge in [0.15, 0.2) is 4.77 Å². The first-order valence-electron chi connectivity index (χ1n) is 6.04. The molecule has 0 aliphatic carbocycles. The molecule has 0 aliphatic rings.